The van der Waals surface area contributed by atoms with Crippen molar-refractivity contribution in [1.82, 2.24) is 4.72 Å². The molecule has 7 heteroatoms. The Bertz CT molecular complexity index is 648. The van der Waals surface area contributed by atoms with Crippen molar-refractivity contribution in [1.29, 1.82) is 5.26 Å². The van der Waals surface area contributed by atoms with Crippen LogP contribution in [0.25, 0.3) is 0 Å². The number of carboxylic acid groups (broad SMARTS) is 1. The highest BCUT2D eigenvalue weighted by molar-refractivity contribution is 7.89. The van der Waals surface area contributed by atoms with Crippen molar-refractivity contribution in [3.05, 3.63) is 35.9 Å². The highest BCUT2D eigenvalue weighted by Crippen LogP contribution is 2.21. The molecule has 1 atom stereocenters. The number of aliphatic carboxylic acids is 1. The van der Waals surface area contributed by atoms with E-state index in [0.29, 0.717) is 0 Å². The molecule has 1 aromatic rings. The van der Waals surface area contributed by atoms with E-state index in [1.807, 2.05) is 6.07 Å². The summed E-state index contributed by atoms with van der Waals surface area (Å²) in [5.41, 5.74) is -0.00925. The molecule has 0 saturated heterocycles. The molecule has 120 valence electrons. The Morgan fingerprint density at radius 2 is 1.95 bits per heavy atom. The van der Waals surface area contributed by atoms with Gasteiger partial charge in [0.15, 0.2) is 0 Å². The zero-order chi connectivity index (χ0) is 16.8. The summed E-state index contributed by atoms with van der Waals surface area (Å²) in [6.45, 7) is 3.31. The first-order valence-corrected chi connectivity index (χ1v) is 8.44. The van der Waals surface area contributed by atoms with Gasteiger partial charge in [0.1, 0.15) is 6.04 Å². The van der Waals surface area contributed by atoms with Gasteiger partial charge in [-0.3, -0.25) is 4.79 Å². The number of carboxylic acids is 1. The number of benzene rings is 1. The first-order valence-electron chi connectivity index (χ1n) is 6.79. The van der Waals surface area contributed by atoms with Crippen LogP contribution in [0.2, 0.25) is 0 Å². The number of nitrogens with zero attached hydrogens (tertiary/aromatic N) is 1. The summed E-state index contributed by atoms with van der Waals surface area (Å²) in [6, 6.07) is 9.51. The van der Waals surface area contributed by atoms with E-state index < -0.39 is 27.4 Å². The fraction of sp³-hybridized carbons (Fsp3) is 0.467. The largest absolute Gasteiger partial charge is 0.480 e. The van der Waals surface area contributed by atoms with Crippen LogP contribution in [0.3, 0.4) is 0 Å². The van der Waals surface area contributed by atoms with Gasteiger partial charge in [-0.1, -0.05) is 44.2 Å². The van der Waals surface area contributed by atoms with E-state index in [-0.39, 0.29) is 18.6 Å². The van der Waals surface area contributed by atoms with E-state index >= 15 is 0 Å². The fourth-order valence-electron chi connectivity index (χ4n) is 2.07. The van der Waals surface area contributed by atoms with E-state index in [0.717, 1.165) is 5.56 Å². The second-order valence-electron chi connectivity index (χ2n) is 5.96. The number of hydrogen-bond acceptors (Lipinski definition) is 4. The third-order valence-electron chi connectivity index (χ3n) is 3.04. The van der Waals surface area contributed by atoms with E-state index in [9.17, 15) is 18.3 Å². The van der Waals surface area contributed by atoms with Crippen LogP contribution in [0.4, 0.5) is 0 Å². The van der Waals surface area contributed by atoms with Gasteiger partial charge >= 0.3 is 5.97 Å². The lowest BCUT2D eigenvalue weighted by Gasteiger charge is -2.23. The molecule has 22 heavy (non-hydrogen) atoms. The van der Waals surface area contributed by atoms with Gasteiger partial charge in [0.25, 0.3) is 0 Å². The minimum absolute atomic E-state index is 0.0636. The van der Waals surface area contributed by atoms with Gasteiger partial charge in [0.2, 0.25) is 10.0 Å². The molecule has 0 saturated carbocycles. The average Bonchev–Trinajstić information content (AvgIpc) is 2.37. The molecule has 1 aromatic carbocycles. The predicted octanol–water partition coefficient (Wildman–Crippen LogP) is 1.54. The van der Waals surface area contributed by atoms with Gasteiger partial charge in [-0.05, 0) is 17.4 Å². The summed E-state index contributed by atoms with van der Waals surface area (Å²) < 4.78 is 26.5. The van der Waals surface area contributed by atoms with Crippen LogP contribution in [0, 0.1) is 16.7 Å². The summed E-state index contributed by atoms with van der Waals surface area (Å²) in [5.74, 6) is -1.53. The number of nitrogens with one attached hydrogen (secondary N) is 1. The lowest BCUT2D eigenvalue weighted by molar-refractivity contribution is -0.138. The van der Waals surface area contributed by atoms with Crippen LogP contribution < -0.4 is 4.72 Å². The Kier molecular flexibility index (Phi) is 6.09. The minimum atomic E-state index is -3.81. The molecule has 0 aliphatic heterocycles. The molecule has 0 aromatic heterocycles. The third-order valence-corrected chi connectivity index (χ3v) is 4.85. The zero-order valence-electron chi connectivity index (χ0n) is 12.6. The topological polar surface area (TPSA) is 107 Å². The zero-order valence-corrected chi connectivity index (χ0v) is 13.4. The van der Waals surface area contributed by atoms with Crippen molar-refractivity contribution in [2.45, 2.75) is 32.7 Å². The van der Waals surface area contributed by atoms with Crippen LogP contribution in [0.15, 0.2) is 30.3 Å². The number of rotatable bonds is 8. The highest BCUT2D eigenvalue weighted by Gasteiger charge is 2.30. The number of sulfonamides is 1. The minimum Gasteiger partial charge on any atom is -0.480 e. The molecule has 0 radical (unpaired) electrons. The second kappa shape index (κ2) is 7.38. The highest BCUT2D eigenvalue weighted by atomic mass is 32.2. The van der Waals surface area contributed by atoms with E-state index in [2.05, 4.69) is 4.72 Å². The number of hydrogen-bond donors (Lipinski definition) is 2. The molecular weight excluding hydrogens is 304 g/mol. The van der Waals surface area contributed by atoms with Crippen LogP contribution in [0.1, 0.15) is 25.8 Å². The second-order valence-corrected chi connectivity index (χ2v) is 7.71. The average molecular weight is 324 g/mol. The van der Waals surface area contributed by atoms with Crippen LogP contribution in [-0.4, -0.2) is 31.3 Å². The van der Waals surface area contributed by atoms with Crippen molar-refractivity contribution in [3.8, 4) is 6.07 Å². The van der Waals surface area contributed by atoms with E-state index in [1.54, 1.807) is 44.2 Å². The van der Waals surface area contributed by atoms with Crippen molar-refractivity contribution in [2.75, 3.05) is 5.75 Å². The Hall–Kier alpha value is -1.91. The molecular formula is C15H20N2O4S. The molecule has 0 aliphatic rings. The van der Waals surface area contributed by atoms with Gasteiger partial charge in [-0.25, -0.2) is 13.1 Å². The Morgan fingerprint density at radius 3 is 2.45 bits per heavy atom. The lowest BCUT2D eigenvalue weighted by atomic mass is 9.93. The van der Waals surface area contributed by atoms with Crippen LogP contribution in [-0.2, 0) is 21.2 Å². The third kappa shape index (κ3) is 6.24. The maximum atomic E-state index is 12.1. The maximum absolute atomic E-state index is 12.1. The first-order chi connectivity index (χ1) is 10.2. The molecule has 1 rings (SSSR count). The molecule has 0 amide bonds. The Labute approximate surface area is 130 Å². The summed E-state index contributed by atoms with van der Waals surface area (Å²) in [6.07, 6.45) is 0.137. The normalized spacial score (nSPS) is 13.3. The summed E-state index contributed by atoms with van der Waals surface area (Å²) in [4.78, 5) is 11.3. The molecule has 6 nitrogen and oxygen atoms in total. The maximum Gasteiger partial charge on any atom is 0.322 e. The molecule has 2 N–H and O–H groups in total. The SMILES string of the molecule is CC(C)(CC#N)CS(=O)(=O)N[C@H](Cc1ccccc1)C(=O)O. The molecule has 0 spiro atoms. The predicted molar refractivity (Wildman–Crippen MR) is 82.5 cm³/mol. The monoisotopic (exact) mass is 324 g/mol. The number of nitriles is 1. The fourth-order valence-corrected chi connectivity index (χ4v) is 3.90. The molecule has 0 aliphatic carbocycles. The Morgan fingerprint density at radius 1 is 1.36 bits per heavy atom. The van der Waals surface area contributed by atoms with Crippen LogP contribution >= 0.6 is 0 Å². The molecule has 0 bridgehead atoms. The first kappa shape index (κ1) is 18.1. The van der Waals surface area contributed by atoms with Crippen LogP contribution in [0.5, 0.6) is 0 Å². The summed E-state index contributed by atoms with van der Waals surface area (Å²) in [5, 5.41) is 17.9. The standard InChI is InChI=1S/C15H20N2O4S/c1-15(2,8-9-16)11-22(20,21)17-13(14(18)19)10-12-6-4-3-5-7-12/h3-7,13,17H,8,10-11H2,1-2H3,(H,18,19)/t13-/m1/s1. The quantitative estimate of drug-likeness (QED) is 0.754. The smallest absolute Gasteiger partial charge is 0.322 e. The molecule has 0 heterocycles. The van der Waals surface area contributed by atoms with E-state index in [4.69, 9.17) is 5.26 Å². The van der Waals surface area contributed by atoms with E-state index in [1.165, 1.54) is 0 Å². The summed E-state index contributed by atoms with van der Waals surface area (Å²) in [7, 11) is -3.81. The molecule has 0 fully saturated rings. The van der Waals surface area contributed by atoms with Crippen molar-refractivity contribution < 1.29 is 18.3 Å². The van der Waals surface area contributed by atoms with Gasteiger partial charge in [0, 0.05) is 6.42 Å². The van der Waals surface area contributed by atoms with Crippen molar-refractivity contribution >= 4 is 16.0 Å². The van der Waals surface area contributed by atoms with Crippen molar-refractivity contribution in [2.24, 2.45) is 5.41 Å². The van der Waals surface area contributed by atoms with Gasteiger partial charge < -0.3 is 5.11 Å². The Balaban J connectivity index is 2.82. The number of carbonyl (C=O) groups is 1. The summed E-state index contributed by atoms with van der Waals surface area (Å²) >= 11 is 0. The van der Waals surface area contributed by atoms with Crippen molar-refractivity contribution in [3.63, 3.8) is 0 Å². The lowest BCUT2D eigenvalue weighted by Crippen LogP contribution is -2.45. The molecule has 0 unspecified atom stereocenters. The van der Waals surface area contributed by atoms with Gasteiger partial charge in [-0.15, -0.1) is 0 Å². The van der Waals surface area contributed by atoms with Gasteiger partial charge in [0.05, 0.1) is 11.8 Å². The van der Waals surface area contributed by atoms with Gasteiger partial charge in [-0.2, -0.15) is 5.26 Å².